The molecule has 0 saturated heterocycles. The van der Waals surface area contributed by atoms with Crippen molar-refractivity contribution in [2.24, 2.45) is 5.41 Å². The molecule has 0 spiro atoms. The maximum Gasteiger partial charge on any atom is 0.416 e. The Hall–Kier alpha value is -3.23. The topological polar surface area (TPSA) is 70.7 Å². The van der Waals surface area contributed by atoms with E-state index in [2.05, 4.69) is 10.6 Å². The number of halogens is 3. The van der Waals surface area contributed by atoms with Crippen molar-refractivity contribution in [3.05, 3.63) is 48.0 Å². The van der Waals surface area contributed by atoms with Crippen LogP contribution in [0.4, 0.5) is 35.0 Å². The molecule has 0 radical (unpaired) electrons. The number of amides is 3. The molecule has 9 heteroatoms. The molecule has 0 saturated carbocycles. The van der Waals surface area contributed by atoms with Crippen molar-refractivity contribution in [3.63, 3.8) is 0 Å². The van der Waals surface area contributed by atoms with Gasteiger partial charge in [-0.3, -0.25) is 4.79 Å². The summed E-state index contributed by atoms with van der Waals surface area (Å²) in [5.41, 5.74) is -0.553. The van der Waals surface area contributed by atoms with Crippen LogP contribution in [0.3, 0.4) is 0 Å². The molecular weight excluding hydrogens is 411 g/mol. The number of rotatable bonds is 4. The van der Waals surface area contributed by atoms with E-state index in [1.165, 1.54) is 12.1 Å². The second-order valence-electron chi connectivity index (χ2n) is 7.97. The number of benzene rings is 2. The van der Waals surface area contributed by atoms with E-state index in [-0.39, 0.29) is 18.2 Å². The van der Waals surface area contributed by atoms with Crippen LogP contribution in [0, 0.1) is 5.41 Å². The molecule has 1 heterocycles. The molecule has 2 aromatic rings. The molecule has 2 N–H and O–H groups in total. The van der Waals surface area contributed by atoms with Crippen molar-refractivity contribution in [3.8, 4) is 5.75 Å². The van der Waals surface area contributed by atoms with Gasteiger partial charge in [0.15, 0.2) is 0 Å². The third-order valence-electron chi connectivity index (χ3n) is 4.82. The van der Waals surface area contributed by atoms with Crippen LogP contribution in [0.1, 0.15) is 32.8 Å². The largest absolute Gasteiger partial charge is 0.490 e. The summed E-state index contributed by atoms with van der Waals surface area (Å²) in [6, 6.07) is 8.56. The Morgan fingerprint density at radius 1 is 1.13 bits per heavy atom. The molecule has 0 fully saturated rings. The average molecular weight is 435 g/mol. The summed E-state index contributed by atoms with van der Waals surface area (Å²) in [4.78, 5) is 26.8. The van der Waals surface area contributed by atoms with Crippen molar-refractivity contribution >= 4 is 29.0 Å². The summed E-state index contributed by atoms with van der Waals surface area (Å²) in [5, 5.41) is 4.97. The fraction of sp³-hybridized carbons (Fsp3) is 0.364. The van der Waals surface area contributed by atoms with Crippen LogP contribution in [0.15, 0.2) is 42.5 Å². The predicted molar refractivity (Wildman–Crippen MR) is 112 cm³/mol. The van der Waals surface area contributed by atoms with Gasteiger partial charge in [0, 0.05) is 24.0 Å². The number of nitrogens with zero attached hydrogens (tertiary/aromatic N) is 1. The molecule has 0 aromatic heterocycles. The normalized spacial score (nSPS) is 15.5. The van der Waals surface area contributed by atoms with Crippen molar-refractivity contribution in [2.75, 3.05) is 28.7 Å². The lowest BCUT2D eigenvalue weighted by Gasteiger charge is -2.27. The number of ether oxygens (including phenoxy) is 1. The zero-order chi connectivity index (χ0) is 22.8. The number of nitrogens with one attached hydrogen (secondary N) is 2. The van der Waals surface area contributed by atoms with E-state index in [0.717, 1.165) is 18.6 Å². The predicted octanol–water partition coefficient (Wildman–Crippen LogP) is 5.51. The van der Waals surface area contributed by atoms with Crippen LogP contribution in [-0.2, 0) is 11.0 Å². The third-order valence-corrected chi connectivity index (χ3v) is 4.82. The first-order valence-corrected chi connectivity index (χ1v) is 9.85. The second kappa shape index (κ2) is 8.49. The monoisotopic (exact) mass is 435 g/mol. The van der Waals surface area contributed by atoms with Crippen molar-refractivity contribution in [1.82, 2.24) is 0 Å². The summed E-state index contributed by atoms with van der Waals surface area (Å²) in [7, 11) is 0. The zero-order valence-electron chi connectivity index (χ0n) is 17.5. The minimum Gasteiger partial charge on any atom is -0.490 e. The molecule has 0 bridgehead atoms. The van der Waals surface area contributed by atoms with E-state index >= 15 is 0 Å². The maximum absolute atomic E-state index is 12.9. The number of hydrogen-bond acceptors (Lipinski definition) is 3. The van der Waals surface area contributed by atoms with Crippen LogP contribution >= 0.6 is 0 Å². The highest BCUT2D eigenvalue weighted by molar-refractivity contribution is 6.02. The lowest BCUT2D eigenvalue weighted by molar-refractivity contribution is -0.137. The van der Waals surface area contributed by atoms with Gasteiger partial charge in [0.2, 0.25) is 5.91 Å². The highest BCUT2D eigenvalue weighted by atomic mass is 19.4. The van der Waals surface area contributed by atoms with Gasteiger partial charge in [-0.15, -0.1) is 0 Å². The van der Waals surface area contributed by atoms with Crippen LogP contribution in [0.25, 0.3) is 0 Å². The van der Waals surface area contributed by atoms with Crippen LogP contribution in [0.2, 0.25) is 0 Å². The first kappa shape index (κ1) is 22.5. The number of fused-ring (bicyclic) bond motifs is 1. The molecular formula is C22H24F3N3O3. The highest BCUT2D eigenvalue weighted by Gasteiger charge is 2.37. The smallest absolute Gasteiger partial charge is 0.416 e. The number of alkyl halides is 3. The van der Waals surface area contributed by atoms with Gasteiger partial charge in [0.25, 0.3) is 0 Å². The van der Waals surface area contributed by atoms with Crippen molar-refractivity contribution < 1.29 is 27.5 Å². The first-order chi connectivity index (χ1) is 14.5. The van der Waals surface area contributed by atoms with Gasteiger partial charge in [-0.25, -0.2) is 4.79 Å². The number of hydrogen-bond donors (Lipinski definition) is 2. The Balaban J connectivity index is 1.78. The van der Waals surface area contributed by atoms with Crippen LogP contribution < -0.4 is 20.3 Å². The standard InChI is InChI=1S/C22H24F3N3O3/c1-4-10-28-17-9-8-16(12-18(17)31-13-21(2,3)19(28)29)27-20(30)26-15-7-5-6-14(11-15)22(23,24)25/h5-9,11-12H,4,10,13H2,1-3H3,(H2,26,27,30). The first-order valence-electron chi connectivity index (χ1n) is 9.85. The minimum atomic E-state index is -4.50. The SMILES string of the molecule is CCCN1C(=O)C(C)(C)COc2cc(NC(=O)Nc3cccc(C(F)(F)F)c3)ccc21. The lowest BCUT2D eigenvalue weighted by Crippen LogP contribution is -2.42. The Morgan fingerprint density at radius 2 is 1.81 bits per heavy atom. The van der Waals surface area contributed by atoms with Gasteiger partial charge >= 0.3 is 12.2 Å². The molecule has 1 aliphatic heterocycles. The molecule has 2 aromatic carbocycles. The number of anilines is 3. The number of carbonyl (C=O) groups excluding carboxylic acids is 2. The number of urea groups is 1. The van der Waals surface area contributed by atoms with Crippen LogP contribution in [0.5, 0.6) is 5.75 Å². The third kappa shape index (κ3) is 5.10. The van der Waals surface area contributed by atoms with E-state index in [4.69, 9.17) is 4.74 Å². The molecule has 166 valence electrons. The molecule has 6 nitrogen and oxygen atoms in total. The molecule has 0 aliphatic carbocycles. The molecule has 1 aliphatic rings. The van der Waals surface area contributed by atoms with Gasteiger partial charge in [0.1, 0.15) is 12.4 Å². The van der Waals surface area contributed by atoms with E-state index < -0.39 is 23.2 Å². The molecule has 3 rings (SSSR count). The van der Waals surface area contributed by atoms with Gasteiger partial charge in [0.05, 0.1) is 16.7 Å². The van der Waals surface area contributed by atoms with Gasteiger partial charge in [-0.05, 0) is 50.6 Å². The molecule has 0 unspecified atom stereocenters. The van der Waals surface area contributed by atoms with E-state index in [1.54, 1.807) is 23.1 Å². The molecule has 31 heavy (non-hydrogen) atoms. The van der Waals surface area contributed by atoms with Crippen molar-refractivity contribution in [1.29, 1.82) is 0 Å². The summed E-state index contributed by atoms with van der Waals surface area (Å²) in [6.07, 6.45) is -3.74. The zero-order valence-corrected chi connectivity index (χ0v) is 17.5. The number of carbonyl (C=O) groups is 2. The lowest BCUT2D eigenvalue weighted by atomic mass is 9.93. The summed E-state index contributed by atoms with van der Waals surface area (Å²) in [5.74, 6) is 0.403. The summed E-state index contributed by atoms with van der Waals surface area (Å²) >= 11 is 0. The summed E-state index contributed by atoms with van der Waals surface area (Å²) < 4.78 is 44.4. The van der Waals surface area contributed by atoms with Crippen LogP contribution in [-0.4, -0.2) is 25.1 Å². The fourth-order valence-electron chi connectivity index (χ4n) is 3.24. The van der Waals surface area contributed by atoms with Gasteiger partial charge in [-0.2, -0.15) is 13.2 Å². The molecule has 3 amide bonds. The van der Waals surface area contributed by atoms with Gasteiger partial charge < -0.3 is 20.3 Å². The fourth-order valence-corrected chi connectivity index (χ4v) is 3.24. The molecule has 0 atom stereocenters. The second-order valence-corrected chi connectivity index (χ2v) is 7.97. The average Bonchev–Trinajstić information content (AvgIpc) is 2.78. The highest BCUT2D eigenvalue weighted by Crippen LogP contribution is 2.38. The Labute approximate surface area is 178 Å². The quantitative estimate of drug-likeness (QED) is 0.665. The van der Waals surface area contributed by atoms with Crippen molar-refractivity contribution in [2.45, 2.75) is 33.4 Å². The Morgan fingerprint density at radius 3 is 2.45 bits per heavy atom. The Bertz CT molecular complexity index is 989. The van der Waals surface area contributed by atoms with E-state index in [1.807, 2.05) is 20.8 Å². The minimum absolute atomic E-state index is 0.0137. The maximum atomic E-state index is 12.9. The van der Waals surface area contributed by atoms with E-state index in [9.17, 15) is 22.8 Å². The van der Waals surface area contributed by atoms with Gasteiger partial charge in [-0.1, -0.05) is 13.0 Å². The van der Waals surface area contributed by atoms with E-state index in [0.29, 0.717) is 23.7 Å². The summed E-state index contributed by atoms with van der Waals surface area (Å²) in [6.45, 7) is 6.30. The Kier molecular flexibility index (Phi) is 6.15.